The molecule has 0 bridgehead atoms. The van der Waals surface area contributed by atoms with Gasteiger partial charge in [0.1, 0.15) is 5.02 Å². The lowest BCUT2D eigenvalue weighted by Crippen LogP contribution is -2.25. The number of aliphatic hydroxyl groups excluding tert-OH is 1. The molecule has 0 amide bonds. The van der Waals surface area contributed by atoms with E-state index in [9.17, 15) is 4.79 Å². The lowest BCUT2D eigenvalue weighted by atomic mass is 10.3. The van der Waals surface area contributed by atoms with Crippen molar-refractivity contribution >= 4 is 28.7 Å². The number of nitrogens with zero attached hydrogens (tertiary/aromatic N) is 2. The molecule has 0 atom stereocenters. The summed E-state index contributed by atoms with van der Waals surface area (Å²) in [6.45, 7) is -0.0671. The first-order valence-electron chi connectivity index (χ1n) is 5.61. The average Bonchev–Trinajstić information content (AvgIpc) is 2.39. The van der Waals surface area contributed by atoms with Gasteiger partial charge in [-0.2, -0.15) is 5.10 Å². The zero-order chi connectivity index (χ0) is 13.8. The summed E-state index contributed by atoms with van der Waals surface area (Å²) in [6.07, 6.45) is 1.43. The van der Waals surface area contributed by atoms with Crippen LogP contribution in [0.5, 0.6) is 0 Å². The molecular formula is C12H13ClN4O2. The van der Waals surface area contributed by atoms with E-state index in [1.54, 1.807) is 24.3 Å². The number of aromatic nitrogens is 2. The average molecular weight is 281 g/mol. The quantitative estimate of drug-likeness (QED) is 0.732. The predicted octanol–water partition coefficient (Wildman–Crippen LogP) is 1.21. The maximum Gasteiger partial charge on any atom is 0.287 e. The van der Waals surface area contributed by atoms with Crippen LogP contribution in [0.15, 0.2) is 35.3 Å². The number of rotatable bonds is 4. The lowest BCUT2D eigenvalue weighted by Gasteiger charge is -2.10. The van der Waals surface area contributed by atoms with Crippen LogP contribution < -0.4 is 16.6 Å². The van der Waals surface area contributed by atoms with Gasteiger partial charge in [0.05, 0.1) is 25.0 Å². The molecule has 100 valence electrons. The highest BCUT2D eigenvalue weighted by atomic mass is 35.5. The molecule has 7 heteroatoms. The topological polar surface area (TPSA) is 93.2 Å². The molecule has 0 saturated heterocycles. The standard InChI is InChI=1S/C12H13ClN4O2/c13-11-10(7-15-17(4-5-18)12(11)19)16-9-3-1-2-8(14)6-9/h1-3,6-7,16,18H,4-5,14H2. The number of anilines is 3. The van der Waals surface area contributed by atoms with E-state index < -0.39 is 5.56 Å². The minimum Gasteiger partial charge on any atom is -0.399 e. The second kappa shape index (κ2) is 5.73. The van der Waals surface area contributed by atoms with Gasteiger partial charge in [0.15, 0.2) is 0 Å². The second-order valence-electron chi connectivity index (χ2n) is 3.87. The summed E-state index contributed by atoms with van der Waals surface area (Å²) in [5.41, 5.74) is 6.91. The van der Waals surface area contributed by atoms with Crippen LogP contribution >= 0.6 is 11.6 Å². The van der Waals surface area contributed by atoms with E-state index in [1.807, 2.05) is 0 Å². The van der Waals surface area contributed by atoms with Crippen LogP contribution in [0.25, 0.3) is 0 Å². The molecule has 1 aromatic carbocycles. The SMILES string of the molecule is Nc1cccc(Nc2cnn(CCO)c(=O)c2Cl)c1. The Morgan fingerprint density at radius 3 is 2.95 bits per heavy atom. The third kappa shape index (κ3) is 3.04. The van der Waals surface area contributed by atoms with Crippen LogP contribution in [0, 0.1) is 0 Å². The lowest BCUT2D eigenvalue weighted by molar-refractivity contribution is 0.266. The molecule has 0 aliphatic carbocycles. The monoisotopic (exact) mass is 280 g/mol. The molecule has 0 spiro atoms. The summed E-state index contributed by atoms with van der Waals surface area (Å²) in [4.78, 5) is 11.8. The summed E-state index contributed by atoms with van der Waals surface area (Å²) >= 11 is 5.98. The molecule has 6 nitrogen and oxygen atoms in total. The van der Waals surface area contributed by atoms with Crippen molar-refractivity contribution in [3.63, 3.8) is 0 Å². The van der Waals surface area contributed by atoms with E-state index in [4.69, 9.17) is 22.4 Å². The van der Waals surface area contributed by atoms with Gasteiger partial charge in [-0.3, -0.25) is 4.79 Å². The van der Waals surface area contributed by atoms with Gasteiger partial charge in [0, 0.05) is 11.4 Å². The summed E-state index contributed by atoms with van der Waals surface area (Å²) in [5.74, 6) is 0. The summed E-state index contributed by atoms with van der Waals surface area (Å²) in [6, 6.07) is 7.05. The highest BCUT2D eigenvalue weighted by Gasteiger charge is 2.09. The number of hydrogen-bond acceptors (Lipinski definition) is 5. The molecule has 19 heavy (non-hydrogen) atoms. The van der Waals surface area contributed by atoms with Crippen molar-refractivity contribution in [2.75, 3.05) is 17.7 Å². The van der Waals surface area contributed by atoms with E-state index in [0.29, 0.717) is 17.1 Å². The number of nitrogens with one attached hydrogen (secondary N) is 1. The Kier molecular flexibility index (Phi) is 4.03. The van der Waals surface area contributed by atoms with Crippen LogP contribution in [0.2, 0.25) is 5.02 Å². The third-order valence-corrected chi connectivity index (χ3v) is 2.83. The zero-order valence-corrected chi connectivity index (χ0v) is 10.8. The largest absolute Gasteiger partial charge is 0.399 e. The number of hydrogen-bond donors (Lipinski definition) is 3. The highest BCUT2D eigenvalue weighted by Crippen LogP contribution is 2.22. The van der Waals surface area contributed by atoms with Gasteiger partial charge in [0.25, 0.3) is 5.56 Å². The van der Waals surface area contributed by atoms with Crippen molar-refractivity contribution in [2.24, 2.45) is 0 Å². The molecule has 4 N–H and O–H groups in total. The number of nitrogen functional groups attached to an aromatic ring is 1. The van der Waals surface area contributed by atoms with Gasteiger partial charge in [-0.05, 0) is 18.2 Å². The summed E-state index contributed by atoms with van der Waals surface area (Å²) in [7, 11) is 0. The molecule has 1 aromatic heterocycles. The van der Waals surface area contributed by atoms with Crippen LogP contribution in [-0.2, 0) is 6.54 Å². The minimum atomic E-state index is -0.454. The first-order chi connectivity index (χ1) is 9.11. The minimum absolute atomic E-state index is 0.0193. The van der Waals surface area contributed by atoms with Crippen LogP contribution in [-0.4, -0.2) is 21.5 Å². The Balaban J connectivity index is 2.31. The number of nitrogens with two attached hydrogens (primary N) is 1. The van der Waals surface area contributed by atoms with Gasteiger partial charge in [-0.25, -0.2) is 4.68 Å². The molecule has 0 radical (unpaired) electrons. The van der Waals surface area contributed by atoms with Crippen molar-refractivity contribution in [1.29, 1.82) is 0 Å². The number of benzene rings is 1. The summed E-state index contributed by atoms with van der Waals surface area (Å²) < 4.78 is 1.10. The van der Waals surface area contributed by atoms with Crippen molar-refractivity contribution in [1.82, 2.24) is 9.78 Å². The Morgan fingerprint density at radius 2 is 2.26 bits per heavy atom. The Morgan fingerprint density at radius 1 is 1.47 bits per heavy atom. The molecular weight excluding hydrogens is 268 g/mol. The van der Waals surface area contributed by atoms with Crippen LogP contribution in [0.1, 0.15) is 0 Å². The normalized spacial score (nSPS) is 10.4. The van der Waals surface area contributed by atoms with Gasteiger partial charge in [0.2, 0.25) is 0 Å². The zero-order valence-electron chi connectivity index (χ0n) is 10.0. The Hall–Kier alpha value is -2.05. The fraction of sp³-hybridized carbons (Fsp3) is 0.167. The van der Waals surface area contributed by atoms with Crippen molar-refractivity contribution in [2.45, 2.75) is 6.54 Å². The van der Waals surface area contributed by atoms with Crippen LogP contribution in [0.4, 0.5) is 17.1 Å². The Bertz CT molecular complexity index is 642. The van der Waals surface area contributed by atoms with E-state index in [1.165, 1.54) is 6.20 Å². The predicted molar refractivity (Wildman–Crippen MR) is 74.7 cm³/mol. The first kappa shape index (κ1) is 13.4. The first-order valence-corrected chi connectivity index (χ1v) is 5.98. The number of halogens is 1. The second-order valence-corrected chi connectivity index (χ2v) is 4.25. The number of aliphatic hydroxyl groups is 1. The molecule has 0 aliphatic heterocycles. The van der Waals surface area contributed by atoms with Gasteiger partial charge < -0.3 is 16.2 Å². The van der Waals surface area contributed by atoms with E-state index >= 15 is 0 Å². The maximum atomic E-state index is 11.8. The molecule has 0 aliphatic rings. The van der Waals surface area contributed by atoms with Gasteiger partial charge in [-0.1, -0.05) is 17.7 Å². The highest BCUT2D eigenvalue weighted by molar-refractivity contribution is 6.33. The van der Waals surface area contributed by atoms with Gasteiger partial charge in [-0.15, -0.1) is 0 Å². The van der Waals surface area contributed by atoms with Crippen molar-refractivity contribution in [3.05, 3.63) is 45.8 Å². The maximum absolute atomic E-state index is 11.8. The van der Waals surface area contributed by atoms with Crippen molar-refractivity contribution in [3.8, 4) is 0 Å². The summed E-state index contributed by atoms with van der Waals surface area (Å²) in [5, 5.41) is 15.7. The molecule has 0 saturated carbocycles. The third-order valence-electron chi connectivity index (χ3n) is 2.46. The smallest absolute Gasteiger partial charge is 0.287 e. The molecule has 0 unspecified atom stereocenters. The molecule has 1 heterocycles. The van der Waals surface area contributed by atoms with E-state index in [0.717, 1.165) is 4.68 Å². The fourth-order valence-electron chi connectivity index (χ4n) is 1.58. The van der Waals surface area contributed by atoms with E-state index in [2.05, 4.69) is 10.4 Å². The molecule has 2 rings (SSSR count). The Labute approximate surface area is 114 Å². The fourth-order valence-corrected chi connectivity index (χ4v) is 1.77. The van der Waals surface area contributed by atoms with Crippen LogP contribution in [0.3, 0.4) is 0 Å². The van der Waals surface area contributed by atoms with Crippen molar-refractivity contribution < 1.29 is 5.11 Å². The van der Waals surface area contributed by atoms with E-state index in [-0.39, 0.29) is 18.2 Å². The molecule has 2 aromatic rings. The van der Waals surface area contributed by atoms with Gasteiger partial charge >= 0.3 is 0 Å². The molecule has 0 fully saturated rings.